The average molecular weight is 197 g/mol. The third-order valence-corrected chi connectivity index (χ3v) is 1.84. The van der Waals surface area contributed by atoms with E-state index >= 15 is 0 Å². The molecule has 74 valence electrons. The van der Waals surface area contributed by atoms with Crippen LogP contribution in [0.25, 0.3) is 0 Å². The van der Waals surface area contributed by atoms with Gasteiger partial charge >= 0.3 is 5.97 Å². The molecule has 0 saturated heterocycles. The van der Waals surface area contributed by atoms with Crippen LogP contribution in [-0.4, -0.2) is 22.2 Å². The number of pyridine rings is 1. The van der Waals surface area contributed by atoms with Crippen molar-refractivity contribution in [1.82, 2.24) is 4.98 Å². The van der Waals surface area contributed by atoms with Crippen LogP contribution in [0.2, 0.25) is 0 Å². The number of rotatable bonds is 3. The molecule has 1 aliphatic rings. The van der Waals surface area contributed by atoms with E-state index in [0.29, 0.717) is 0 Å². The van der Waals surface area contributed by atoms with Gasteiger partial charge < -0.3 is 9.84 Å². The number of carboxylic acid groups (broad SMARTS) is 1. The maximum absolute atomic E-state index is 12.7. The second-order valence-electron chi connectivity index (χ2n) is 3.12. The topological polar surface area (TPSA) is 59.4 Å². The number of aromatic carboxylic acids is 1. The lowest BCUT2D eigenvalue weighted by Gasteiger charge is -2.06. The van der Waals surface area contributed by atoms with Crippen molar-refractivity contribution in [1.29, 1.82) is 0 Å². The van der Waals surface area contributed by atoms with E-state index in [-0.39, 0.29) is 17.5 Å². The van der Waals surface area contributed by atoms with Crippen LogP contribution in [-0.2, 0) is 0 Å². The van der Waals surface area contributed by atoms with Crippen molar-refractivity contribution in [3.05, 3.63) is 23.8 Å². The molecule has 0 atom stereocenters. The van der Waals surface area contributed by atoms with Crippen LogP contribution >= 0.6 is 0 Å². The number of hydrogen-bond acceptors (Lipinski definition) is 3. The molecule has 0 unspecified atom stereocenters. The van der Waals surface area contributed by atoms with E-state index in [1.807, 2.05) is 0 Å². The predicted molar refractivity (Wildman–Crippen MR) is 44.8 cm³/mol. The van der Waals surface area contributed by atoms with Crippen LogP contribution in [0.3, 0.4) is 0 Å². The lowest BCUT2D eigenvalue weighted by atomic mass is 10.3. The van der Waals surface area contributed by atoms with E-state index in [4.69, 9.17) is 9.84 Å². The third kappa shape index (κ3) is 1.81. The van der Waals surface area contributed by atoms with Crippen molar-refractivity contribution in [2.45, 2.75) is 18.9 Å². The number of aromatic nitrogens is 1. The second-order valence-corrected chi connectivity index (χ2v) is 3.12. The summed E-state index contributed by atoms with van der Waals surface area (Å²) in [5.41, 5.74) is -0.238. The Balaban J connectivity index is 2.31. The van der Waals surface area contributed by atoms with Crippen LogP contribution in [0.4, 0.5) is 4.39 Å². The monoisotopic (exact) mass is 197 g/mol. The molecule has 1 aromatic heterocycles. The van der Waals surface area contributed by atoms with Gasteiger partial charge in [0, 0.05) is 6.07 Å². The summed E-state index contributed by atoms with van der Waals surface area (Å²) >= 11 is 0. The minimum atomic E-state index is -1.21. The fourth-order valence-corrected chi connectivity index (χ4v) is 1.04. The highest BCUT2D eigenvalue weighted by Crippen LogP contribution is 2.28. The largest absolute Gasteiger partial charge is 0.488 e. The molecule has 0 radical (unpaired) electrons. The maximum Gasteiger partial charge on any atom is 0.358 e. The van der Waals surface area contributed by atoms with Gasteiger partial charge in [-0.25, -0.2) is 14.2 Å². The van der Waals surface area contributed by atoms with Crippen molar-refractivity contribution in [2.24, 2.45) is 0 Å². The highest BCUT2D eigenvalue weighted by molar-refractivity contribution is 5.88. The Labute approximate surface area is 79.3 Å². The lowest BCUT2D eigenvalue weighted by Crippen LogP contribution is -2.07. The summed E-state index contributed by atoms with van der Waals surface area (Å²) in [5.74, 6) is -1.79. The molecule has 1 fully saturated rings. The Hall–Kier alpha value is -1.65. The number of ether oxygens (including phenoxy) is 1. The van der Waals surface area contributed by atoms with Gasteiger partial charge in [-0.1, -0.05) is 0 Å². The highest BCUT2D eigenvalue weighted by Gasteiger charge is 2.26. The zero-order chi connectivity index (χ0) is 10.1. The summed E-state index contributed by atoms with van der Waals surface area (Å²) in [6.07, 6.45) is 2.66. The van der Waals surface area contributed by atoms with Gasteiger partial charge in [-0.15, -0.1) is 0 Å². The molecular formula is C9H8FNO3. The molecule has 0 spiro atoms. The fourth-order valence-electron chi connectivity index (χ4n) is 1.04. The zero-order valence-electron chi connectivity index (χ0n) is 7.24. The van der Waals surface area contributed by atoms with Crippen LogP contribution < -0.4 is 4.74 Å². The summed E-state index contributed by atoms with van der Waals surface area (Å²) < 4.78 is 18.0. The molecule has 2 rings (SSSR count). The van der Waals surface area contributed by atoms with E-state index in [0.717, 1.165) is 25.1 Å². The minimum absolute atomic E-state index is 0.0139. The highest BCUT2D eigenvalue weighted by atomic mass is 19.1. The van der Waals surface area contributed by atoms with E-state index in [9.17, 15) is 9.18 Å². The van der Waals surface area contributed by atoms with E-state index in [2.05, 4.69) is 4.98 Å². The summed E-state index contributed by atoms with van der Waals surface area (Å²) in [6.45, 7) is 0. The van der Waals surface area contributed by atoms with Crippen molar-refractivity contribution in [3.63, 3.8) is 0 Å². The lowest BCUT2D eigenvalue weighted by molar-refractivity contribution is 0.0684. The van der Waals surface area contributed by atoms with Gasteiger partial charge in [0.2, 0.25) is 0 Å². The van der Waals surface area contributed by atoms with Crippen LogP contribution in [0.1, 0.15) is 23.3 Å². The summed E-state index contributed by atoms with van der Waals surface area (Å²) in [6, 6.07) is 1.05. The first kappa shape index (κ1) is 8.93. The summed E-state index contributed by atoms with van der Waals surface area (Å²) in [4.78, 5) is 14.1. The van der Waals surface area contributed by atoms with E-state index < -0.39 is 11.8 Å². The van der Waals surface area contributed by atoms with Gasteiger partial charge in [-0.2, -0.15) is 0 Å². The molecule has 1 aliphatic carbocycles. The Morgan fingerprint density at radius 2 is 2.36 bits per heavy atom. The molecule has 1 heterocycles. The first-order chi connectivity index (χ1) is 6.66. The van der Waals surface area contributed by atoms with Crippen molar-refractivity contribution >= 4 is 5.97 Å². The van der Waals surface area contributed by atoms with Crippen LogP contribution in [0.5, 0.6) is 5.75 Å². The molecule has 0 aromatic carbocycles. The van der Waals surface area contributed by atoms with Gasteiger partial charge in [-0.05, 0) is 12.8 Å². The molecule has 1 N–H and O–H groups in total. The van der Waals surface area contributed by atoms with Crippen LogP contribution in [0.15, 0.2) is 12.3 Å². The maximum atomic E-state index is 12.7. The molecular weight excluding hydrogens is 189 g/mol. The van der Waals surface area contributed by atoms with Crippen molar-refractivity contribution in [3.8, 4) is 5.75 Å². The SMILES string of the molecule is O=C(O)c1ncc(F)cc1OC1CC1. The smallest absolute Gasteiger partial charge is 0.358 e. The predicted octanol–water partition coefficient (Wildman–Crippen LogP) is 1.46. The molecule has 1 aromatic rings. The number of hydrogen-bond donors (Lipinski definition) is 1. The number of halogens is 1. The zero-order valence-corrected chi connectivity index (χ0v) is 7.24. The van der Waals surface area contributed by atoms with E-state index in [1.54, 1.807) is 0 Å². The van der Waals surface area contributed by atoms with Crippen LogP contribution in [0, 0.1) is 5.82 Å². The van der Waals surface area contributed by atoms with Gasteiger partial charge in [0.15, 0.2) is 11.4 Å². The molecule has 5 heteroatoms. The molecule has 14 heavy (non-hydrogen) atoms. The number of carboxylic acids is 1. The van der Waals surface area contributed by atoms with Gasteiger partial charge in [-0.3, -0.25) is 0 Å². The van der Waals surface area contributed by atoms with Gasteiger partial charge in [0.25, 0.3) is 0 Å². The molecule has 0 aliphatic heterocycles. The average Bonchev–Trinajstić information content (AvgIpc) is 2.87. The number of carbonyl (C=O) groups is 1. The standard InChI is InChI=1S/C9H8FNO3/c10-5-3-7(14-6-1-2-6)8(9(12)13)11-4-5/h3-4,6H,1-2H2,(H,12,13). The summed E-state index contributed by atoms with van der Waals surface area (Å²) in [7, 11) is 0. The van der Waals surface area contributed by atoms with Gasteiger partial charge in [0.1, 0.15) is 5.82 Å². The Morgan fingerprint density at radius 1 is 1.64 bits per heavy atom. The third-order valence-electron chi connectivity index (χ3n) is 1.84. The molecule has 0 bridgehead atoms. The molecule has 1 saturated carbocycles. The minimum Gasteiger partial charge on any atom is -0.488 e. The molecule has 0 amide bonds. The molecule has 4 nitrogen and oxygen atoms in total. The van der Waals surface area contributed by atoms with E-state index in [1.165, 1.54) is 0 Å². The Kier molecular flexibility index (Phi) is 2.07. The first-order valence-electron chi connectivity index (χ1n) is 4.22. The van der Waals surface area contributed by atoms with Crippen molar-refractivity contribution in [2.75, 3.05) is 0 Å². The quantitative estimate of drug-likeness (QED) is 0.796. The Morgan fingerprint density at radius 3 is 2.93 bits per heavy atom. The Bertz CT molecular complexity index is 376. The second kappa shape index (κ2) is 3.25. The normalized spacial score (nSPS) is 15.2. The number of nitrogens with zero attached hydrogens (tertiary/aromatic N) is 1. The summed E-state index contributed by atoms with van der Waals surface area (Å²) in [5, 5.41) is 8.72. The van der Waals surface area contributed by atoms with Crippen molar-refractivity contribution < 1.29 is 19.0 Å². The van der Waals surface area contributed by atoms with Gasteiger partial charge in [0.05, 0.1) is 12.3 Å². The first-order valence-corrected chi connectivity index (χ1v) is 4.22. The fraction of sp³-hybridized carbons (Fsp3) is 0.333.